The molecule has 0 aliphatic carbocycles. The zero-order chi connectivity index (χ0) is 26.2. The van der Waals surface area contributed by atoms with E-state index in [0.29, 0.717) is 22.4 Å². The van der Waals surface area contributed by atoms with Crippen LogP contribution in [0.25, 0.3) is 6.08 Å². The molecule has 3 aromatic carbocycles. The van der Waals surface area contributed by atoms with Crippen LogP contribution in [0.1, 0.15) is 49.3 Å². The SMILES string of the molecule is CCCCCCOc1ccc(/C=C2/SC(=Nc3ccc(C)cc3)N(c3ccc(C)cc3)C2=O)cc1OC. The molecule has 0 saturated carbocycles. The maximum absolute atomic E-state index is 13.6. The van der Waals surface area contributed by atoms with Crippen molar-refractivity contribution in [3.05, 3.63) is 88.3 Å². The Kier molecular flexibility index (Phi) is 9.07. The van der Waals surface area contributed by atoms with Crippen molar-refractivity contribution < 1.29 is 14.3 Å². The Bertz CT molecular complexity index is 1280. The Morgan fingerprint density at radius 3 is 2.27 bits per heavy atom. The summed E-state index contributed by atoms with van der Waals surface area (Å²) in [5.41, 5.74) is 4.77. The summed E-state index contributed by atoms with van der Waals surface area (Å²) in [6.07, 6.45) is 6.48. The highest BCUT2D eigenvalue weighted by molar-refractivity contribution is 8.19. The Morgan fingerprint density at radius 2 is 1.59 bits per heavy atom. The molecule has 1 amide bonds. The number of aliphatic imine (C=N–C) groups is 1. The molecule has 3 aromatic rings. The fourth-order valence-electron chi connectivity index (χ4n) is 3.96. The first-order valence-electron chi connectivity index (χ1n) is 12.8. The second-order valence-electron chi connectivity index (χ2n) is 9.14. The van der Waals surface area contributed by atoms with Crippen molar-refractivity contribution in [2.45, 2.75) is 46.5 Å². The summed E-state index contributed by atoms with van der Waals surface area (Å²) in [6, 6.07) is 21.7. The zero-order valence-electron chi connectivity index (χ0n) is 22.0. The van der Waals surface area contributed by atoms with Gasteiger partial charge in [0.25, 0.3) is 5.91 Å². The molecule has 37 heavy (non-hydrogen) atoms. The third kappa shape index (κ3) is 6.83. The molecule has 1 aliphatic rings. The Hall–Kier alpha value is -3.51. The van der Waals surface area contributed by atoms with Gasteiger partial charge in [0.2, 0.25) is 0 Å². The van der Waals surface area contributed by atoms with E-state index in [0.717, 1.165) is 46.7 Å². The van der Waals surface area contributed by atoms with Crippen molar-refractivity contribution in [3.63, 3.8) is 0 Å². The maximum Gasteiger partial charge on any atom is 0.271 e. The number of hydrogen-bond acceptors (Lipinski definition) is 5. The largest absolute Gasteiger partial charge is 0.493 e. The number of amides is 1. The molecule has 1 saturated heterocycles. The number of carbonyl (C=O) groups excluding carboxylic acids is 1. The van der Waals surface area contributed by atoms with E-state index in [1.165, 1.54) is 24.6 Å². The molecule has 1 heterocycles. The summed E-state index contributed by atoms with van der Waals surface area (Å²) in [6.45, 7) is 6.93. The van der Waals surface area contributed by atoms with E-state index in [4.69, 9.17) is 14.5 Å². The molecular formula is C31H34N2O3S. The lowest BCUT2D eigenvalue weighted by atomic mass is 10.1. The highest BCUT2D eigenvalue weighted by atomic mass is 32.2. The number of rotatable bonds is 10. The molecule has 0 unspecified atom stereocenters. The van der Waals surface area contributed by atoms with Crippen LogP contribution in [0.5, 0.6) is 11.5 Å². The molecule has 0 N–H and O–H groups in total. The Labute approximate surface area is 224 Å². The third-order valence-corrected chi connectivity index (χ3v) is 7.07. The van der Waals surface area contributed by atoms with Crippen molar-refractivity contribution in [2.75, 3.05) is 18.6 Å². The third-order valence-electron chi connectivity index (χ3n) is 6.10. The predicted molar refractivity (Wildman–Crippen MR) is 155 cm³/mol. The molecule has 0 radical (unpaired) electrons. The standard InChI is InChI=1S/C31H34N2O3S/c1-5-6-7-8-19-36-27-18-13-24(20-28(27)35-4)21-29-30(34)33(26-16-11-23(3)12-17-26)31(37-29)32-25-14-9-22(2)10-15-25/h9-18,20-21H,5-8,19H2,1-4H3/b29-21+,32-31?. The van der Waals surface area contributed by atoms with Gasteiger partial charge in [-0.1, -0.05) is 67.6 Å². The zero-order valence-corrected chi connectivity index (χ0v) is 22.8. The minimum atomic E-state index is -0.102. The number of methoxy groups -OCH3 is 1. The normalized spacial score (nSPS) is 15.6. The van der Waals surface area contributed by atoms with Crippen LogP contribution < -0.4 is 14.4 Å². The van der Waals surface area contributed by atoms with Gasteiger partial charge < -0.3 is 9.47 Å². The van der Waals surface area contributed by atoms with Crippen molar-refractivity contribution in [3.8, 4) is 11.5 Å². The molecule has 4 rings (SSSR count). The van der Waals surface area contributed by atoms with Crippen LogP contribution in [0.4, 0.5) is 11.4 Å². The van der Waals surface area contributed by atoms with Crippen LogP contribution in [0.2, 0.25) is 0 Å². The first-order valence-corrected chi connectivity index (χ1v) is 13.6. The van der Waals surface area contributed by atoms with Crippen molar-refractivity contribution in [1.82, 2.24) is 0 Å². The van der Waals surface area contributed by atoms with Crippen molar-refractivity contribution in [1.29, 1.82) is 0 Å². The lowest BCUT2D eigenvalue weighted by Crippen LogP contribution is -2.28. The van der Waals surface area contributed by atoms with Gasteiger partial charge in [-0.15, -0.1) is 0 Å². The van der Waals surface area contributed by atoms with Gasteiger partial charge in [-0.2, -0.15) is 0 Å². The van der Waals surface area contributed by atoms with Gasteiger partial charge in [-0.25, -0.2) is 4.99 Å². The number of carbonyl (C=O) groups is 1. The second kappa shape index (κ2) is 12.6. The van der Waals surface area contributed by atoms with Gasteiger partial charge in [-0.05, 0) is 80.1 Å². The number of thioether (sulfide) groups is 1. The van der Waals surface area contributed by atoms with Crippen LogP contribution >= 0.6 is 11.8 Å². The number of anilines is 1. The van der Waals surface area contributed by atoms with E-state index < -0.39 is 0 Å². The van der Waals surface area contributed by atoms with Gasteiger partial charge in [0.1, 0.15) is 0 Å². The molecule has 5 nitrogen and oxygen atoms in total. The highest BCUT2D eigenvalue weighted by Gasteiger charge is 2.34. The van der Waals surface area contributed by atoms with Crippen molar-refractivity contribution >= 4 is 40.3 Å². The van der Waals surface area contributed by atoms with Crippen LogP contribution in [-0.2, 0) is 4.79 Å². The number of ether oxygens (including phenoxy) is 2. The van der Waals surface area contributed by atoms with E-state index in [2.05, 4.69) is 6.92 Å². The van der Waals surface area contributed by atoms with E-state index >= 15 is 0 Å². The first-order chi connectivity index (χ1) is 18.0. The average molecular weight is 515 g/mol. The summed E-state index contributed by atoms with van der Waals surface area (Å²) in [4.78, 5) is 20.7. The summed E-state index contributed by atoms with van der Waals surface area (Å²) in [5, 5.41) is 0.628. The molecular weight excluding hydrogens is 480 g/mol. The molecule has 0 spiro atoms. The van der Waals surface area contributed by atoms with Gasteiger partial charge in [0.15, 0.2) is 16.7 Å². The van der Waals surface area contributed by atoms with Crippen LogP contribution in [-0.4, -0.2) is 24.8 Å². The number of benzene rings is 3. The van der Waals surface area contributed by atoms with E-state index in [9.17, 15) is 4.79 Å². The fraction of sp³-hybridized carbons (Fsp3) is 0.290. The van der Waals surface area contributed by atoms with Gasteiger partial charge in [0.05, 0.1) is 30.0 Å². The highest BCUT2D eigenvalue weighted by Crippen LogP contribution is 2.38. The van der Waals surface area contributed by atoms with E-state index in [1.54, 1.807) is 12.0 Å². The topological polar surface area (TPSA) is 51.1 Å². The van der Waals surface area contributed by atoms with Crippen LogP contribution in [0, 0.1) is 13.8 Å². The molecule has 0 atom stereocenters. The average Bonchev–Trinajstić information content (AvgIpc) is 3.20. The molecule has 0 bridgehead atoms. The van der Waals surface area contributed by atoms with Gasteiger partial charge >= 0.3 is 0 Å². The van der Waals surface area contributed by atoms with Gasteiger partial charge in [0, 0.05) is 0 Å². The fourth-order valence-corrected chi connectivity index (χ4v) is 4.96. The molecule has 0 aromatic heterocycles. The lowest BCUT2D eigenvalue weighted by molar-refractivity contribution is -0.113. The van der Waals surface area contributed by atoms with E-state index in [-0.39, 0.29) is 5.91 Å². The number of amidine groups is 1. The maximum atomic E-state index is 13.6. The monoisotopic (exact) mass is 514 g/mol. The molecule has 6 heteroatoms. The second-order valence-corrected chi connectivity index (χ2v) is 10.1. The quantitative estimate of drug-likeness (QED) is 0.203. The molecule has 1 fully saturated rings. The van der Waals surface area contributed by atoms with Crippen molar-refractivity contribution in [2.24, 2.45) is 4.99 Å². The summed E-state index contributed by atoms with van der Waals surface area (Å²) in [5.74, 6) is 1.27. The van der Waals surface area contributed by atoms with E-state index in [1.807, 2.05) is 86.7 Å². The summed E-state index contributed by atoms with van der Waals surface area (Å²) >= 11 is 1.37. The molecule has 1 aliphatic heterocycles. The summed E-state index contributed by atoms with van der Waals surface area (Å²) < 4.78 is 11.5. The number of hydrogen-bond donors (Lipinski definition) is 0. The Morgan fingerprint density at radius 1 is 0.892 bits per heavy atom. The number of nitrogens with zero attached hydrogens (tertiary/aromatic N) is 2. The summed E-state index contributed by atoms with van der Waals surface area (Å²) in [7, 11) is 1.64. The minimum Gasteiger partial charge on any atom is -0.493 e. The lowest BCUT2D eigenvalue weighted by Gasteiger charge is -2.16. The number of unbranched alkanes of at least 4 members (excludes halogenated alkanes) is 3. The Balaban J connectivity index is 1.61. The van der Waals surface area contributed by atoms with Crippen LogP contribution in [0.3, 0.4) is 0 Å². The van der Waals surface area contributed by atoms with Gasteiger partial charge in [-0.3, -0.25) is 9.69 Å². The number of aryl methyl sites for hydroxylation is 2. The smallest absolute Gasteiger partial charge is 0.271 e. The molecule has 192 valence electrons. The predicted octanol–water partition coefficient (Wildman–Crippen LogP) is 8.08. The van der Waals surface area contributed by atoms with Crippen LogP contribution in [0.15, 0.2) is 76.6 Å². The minimum absolute atomic E-state index is 0.102. The first kappa shape index (κ1) is 26.6.